The van der Waals surface area contributed by atoms with Gasteiger partial charge in [0.05, 0.1) is 19.9 Å². The highest BCUT2D eigenvalue weighted by molar-refractivity contribution is 7.80. The highest BCUT2D eigenvalue weighted by Crippen LogP contribution is 2.28. The molecule has 0 bridgehead atoms. The van der Waals surface area contributed by atoms with Crippen LogP contribution in [0.5, 0.6) is 11.5 Å². The maximum absolute atomic E-state index is 12.0. The standard InChI is InChI=1S/C16H16N2O3S/c1-20-12-8-9-13(14(10-12)21-2)17-16(22)18-15(19)11-6-4-3-5-7-11/h3-10H,1-2H3,(H2,17,18,19,22). The Kier molecular flexibility index (Phi) is 5.32. The predicted molar refractivity (Wildman–Crippen MR) is 89.7 cm³/mol. The molecule has 2 aromatic rings. The van der Waals surface area contributed by atoms with E-state index in [0.29, 0.717) is 22.7 Å². The summed E-state index contributed by atoms with van der Waals surface area (Å²) >= 11 is 5.15. The molecule has 0 aliphatic heterocycles. The van der Waals surface area contributed by atoms with E-state index in [0.717, 1.165) is 0 Å². The first-order valence-electron chi connectivity index (χ1n) is 6.53. The lowest BCUT2D eigenvalue weighted by atomic mass is 10.2. The fourth-order valence-corrected chi connectivity index (χ4v) is 2.02. The van der Waals surface area contributed by atoms with Crippen molar-refractivity contribution in [1.82, 2.24) is 5.32 Å². The number of nitrogens with one attached hydrogen (secondary N) is 2. The van der Waals surface area contributed by atoms with E-state index >= 15 is 0 Å². The zero-order valence-corrected chi connectivity index (χ0v) is 13.1. The number of rotatable bonds is 4. The van der Waals surface area contributed by atoms with Gasteiger partial charge >= 0.3 is 0 Å². The van der Waals surface area contributed by atoms with Gasteiger partial charge in [0.25, 0.3) is 5.91 Å². The fraction of sp³-hybridized carbons (Fsp3) is 0.125. The van der Waals surface area contributed by atoms with Crippen LogP contribution < -0.4 is 20.1 Å². The first-order valence-corrected chi connectivity index (χ1v) is 6.94. The molecule has 2 N–H and O–H groups in total. The zero-order valence-electron chi connectivity index (χ0n) is 12.3. The van der Waals surface area contributed by atoms with E-state index in [1.165, 1.54) is 0 Å². The van der Waals surface area contributed by atoms with E-state index in [-0.39, 0.29) is 11.0 Å². The number of anilines is 1. The molecule has 0 atom stereocenters. The average Bonchev–Trinajstić information content (AvgIpc) is 2.55. The number of ether oxygens (including phenoxy) is 2. The van der Waals surface area contributed by atoms with Gasteiger partial charge in [-0.15, -0.1) is 0 Å². The number of hydrogen-bond donors (Lipinski definition) is 2. The molecule has 0 aliphatic rings. The van der Waals surface area contributed by atoms with Crippen molar-refractivity contribution >= 4 is 28.9 Å². The van der Waals surface area contributed by atoms with Gasteiger partial charge in [0.2, 0.25) is 0 Å². The van der Waals surface area contributed by atoms with Crippen LogP contribution in [-0.2, 0) is 0 Å². The summed E-state index contributed by atoms with van der Waals surface area (Å²) in [5.41, 5.74) is 1.18. The average molecular weight is 316 g/mol. The molecule has 0 saturated carbocycles. The van der Waals surface area contributed by atoms with Gasteiger partial charge in [-0.25, -0.2) is 0 Å². The molecule has 22 heavy (non-hydrogen) atoms. The number of hydrogen-bond acceptors (Lipinski definition) is 4. The van der Waals surface area contributed by atoms with Crippen LogP contribution in [0.15, 0.2) is 48.5 Å². The van der Waals surface area contributed by atoms with Gasteiger partial charge in [-0.2, -0.15) is 0 Å². The van der Waals surface area contributed by atoms with E-state index in [2.05, 4.69) is 10.6 Å². The molecule has 0 fully saturated rings. The van der Waals surface area contributed by atoms with Gasteiger partial charge in [0, 0.05) is 11.6 Å². The summed E-state index contributed by atoms with van der Waals surface area (Å²) in [5.74, 6) is 0.961. The van der Waals surface area contributed by atoms with E-state index in [1.54, 1.807) is 56.7 Å². The smallest absolute Gasteiger partial charge is 0.257 e. The Morgan fingerprint density at radius 1 is 1.05 bits per heavy atom. The summed E-state index contributed by atoms with van der Waals surface area (Å²) in [4.78, 5) is 12.0. The van der Waals surface area contributed by atoms with Crippen LogP contribution in [-0.4, -0.2) is 25.2 Å². The molecular weight excluding hydrogens is 300 g/mol. The first kappa shape index (κ1) is 15.8. The number of amides is 1. The monoisotopic (exact) mass is 316 g/mol. The normalized spacial score (nSPS) is 9.73. The fourth-order valence-electron chi connectivity index (χ4n) is 1.82. The Labute approximate surface area is 134 Å². The third kappa shape index (κ3) is 3.95. The van der Waals surface area contributed by atoms with Crippen molar-refractivity contribution in [2.75, 3.05) is 19.5 Å². The predicted octanol–water partition coefficient (Wildman–Crippen LogP) is 2.83. The Bertz CT molecular complexity index is 674. The minimum atomic E-state index is -0.273. The molecule has 1 amide bonds. The summed E-state index contributed by atoms with van der Waals surface area (Å²) in [5, 5.41) is 5.74. The molecular formula is C16H16N2O3S. The molecule has 6 heteroatoms. The van der Waals surface area contributed by atoms with Crippen molar-refractivity contribution in [2.45, 2.75) is 0 Å². The third-order valence-corrected chi connectivity index (χ3v) is 3.12. The Morgan fingerprint density at radius 3 is 2.41 bits per heavy atom. The minimum Gasteiger partial charge on any atom is -0.497 e. The van der Waals surface area contributed by atoms with Gasteiger partial charge in [0.15, 0.2) is 5.11 Å². The molecule has 2 rings (SSSR count). The molecule has 0 heterocycles. The highest BCUT2D eigenvalue weighted by atomic mass is 32.1. The van der Waals surface area contributed by atoms with Gasteiger partial charge in [-0.3, -0.25) is 10.1 Å². The number of benzene rings is 2. The van der Waals surface area contributed by atoms with Crippen LogP contribution in [0.1, 0.15) is 10.4 Å². The van der Waals surface area contributed by atoms with E-state index in [9.17, 15) is 4.79 Å². The van der Waals surface area contributed by atoms with Crippen molar-refractivity contribution < 1.29 is 14.3 Å². The zero-order chi connectivity index (χ0) is 15.9. The maximum atomic E-state index is 12.0. The summed E-state index contributed by atoms with van der Waals surface area (Å²) in [6.45, 7) is 0. The van der Waals surface area contributed by atoms with Crippen molar-refractivity contribution in [3.05, 3.63) is 54.1 Å². The van der Waals surface area contributed by atoms with Crippen molar-refractivity contribution in [3.8, 4) is 11.5 Å². The van der Waals surface area contributed by atoms with Crippen molar-refractivity contribution in [2.24, 2.45) is 0 Å². The lowest BCUT2D eigenvalue weighted by Crippen LogP contribution is -2.34. The van der Waals surface area contributed by atoms with E-state index in [4.69, 9.17) is 21.7 Å². The Hall–Kier alpha value is -2.60. The third-order valence-electron chi connectivity index (χ3n) is 2.92. The van der Waals surface area contributed by atoms with E-state index < -0.39 is 0 Å². The Morgan fingerprint density at radius 2 is 1.77 bits per heavy atom. The maximum Gasteiger partial charge on any atom is 0.257 e. The second-order valence-corrected chi connectivity index (χ2v) is 4.75. The summed E-state index contributed by atoms with van der Waals surface area (Å²) < 4.78 is 10.4. The van der Waals surface area contributed by atoms with Crippen LogP contribution >= 0.6 is 12.2 Å². The minimum absolute atomic E-state index is 0.192. The van der Waals surface area contributed by atoms with Crippen LogP contribution in [0.25, 0.3) is 0 Å². The van der Waals surface area contributed by atoms with E-state index in [1.807, 2.05) is 6.07 Å². The summed E-state index contributed by atoms with van der Waals surface area (Å²) in [6.07, 6.45) is 0. The number of carbonyl (C=O) groups excluding carboxylic acids is 1. The van der Waals surface area contributed by atoms with Crippen LogP contribution in [0.4, 0.5) is 5.69 Å². The lowest BCUT2D eigenvalue weighted by Gasteiger charge is -2.13. The SMILES string of the molecule is COc1ccc(NC(=S)NC(=O)c2ccccc2)c(OC)c1. The summed E-state index contributed by atoms with van der Waals surface area (Å²) in [6, 6.07) is 14.1. The number of carbonyl (C=O) groups is 1. The molecule has 0 aromatic heterocycles. The molecule has 114 valence electrons. The molecule has 0 radical (unpaired) electrons. The first-order chi connectivity index (χ1) is 10.6. The number of thiocarbonyl (C=S) groups is 1. The molecule has 5 nitrogen and oxygen atoms in total. The lowest BCUT2D eigenvalue weighted by molar-refractivity contribution is 0.0977. The topological polar surface area (TPSA) is 59.6 Å². The van der Waals surface area contributed by atoms with Crippen LogP contribution in [0, 0.1) is 0 Å². The highest BCUT2D eigenvalue weighted by Gasteiger charge is 2.10. The van der Waals surface area contributed by atoms with Crippen LogP contribution in [0.3, 0.4) is 0 Å². The van der Waals surface area contributed by atoms with Crippen molar-refractivity contribution in [1.29, 1.82) is 0 Å². The van der Waals surface area contributed by atoms with Gasteiger partial charge in [-0.05, 0) is 36.5 Å². The largest absolute Gasteiger partial charge is 0.497 e. The second-order valence-electron chi connectivity index (χ2n) is 4.34. The second kappa shape index (κ2) is 7.42. The quantitative estimate of drug-likeness (QED) is 0.850. The van der Waals surface area contributed by atoms with Gasteiger partial charge < -0.3 is 14.8 Å². The molecule has 0 unspecified atom stereocenters. The van der Waals surface area contributed by atoms with Gasteiger partial charge in [-0.1, -0.05) is 18.2 Å². The van der Waals surface area contributed by atoms with Gasteiger partial charge in [0.1, 0.15) is 11.5 Å². The molecule has 0 saturated heterocycles. The number of methoxy groups -OCH3 is 2. The summed E-state index contributed by atoms with van der Waals surface area (Å²) in [7, 11) is 3.12. The Balaban J connectivity index is 2.05. The molecule has 0 aliphatic carbocycles. The van der Waals surface area contributed by atoms with Crippen molar-refractivity contribution in [3.63, 3.8) is 0 Å². The molecule has 2 aromatic carbocycles. The van der Waals surface area contributed by atoms with Crippen LogP contribution in [0.2, 0.25) is 0 Å². The molecule has 0 spiro atoms.